The van der Waals surface area contributed by atoms with Crippen LogP contribution in [0.3, 0.4) is 0 Å². The van der Waals surface area contributed by atoms with Gasteiger partial charge in [-0.25, -0.2) is 0 Å². The lowest BCUT2D eigenvalue weighted by molar-refractivity contribution is -0.113. The van der Waals surface area contributed by atoms with Crippen LogP contribution in [0.2, 0.25) is 0 Å². The maximum Gasteiger partial charge on any atom is 0.281 e. The van der Waals surface area contributed by atoms with Gasteiger partial charge in [-0.15, -0.1) is 0 Å². The van der Waals surface area contributed by atoms with E-state index in [1.807, 2.05) is 42.8 Å². The van der Waals surface area contributed by atoms with Crippen LogP contribution in [-0.4, -0.2) is 20.8 Å². The van der Waals surface area contributed by atoms with Gasteiger partial charge in [0.15, 0.2) is 5.11 Å². The number of nitrogens with one attached hydrogen (secondary N) is 1. The molecule has 0 unspecified atom stereocenters. The van der Waals surface area contributed by atoms with Gasteiger partial charge in [-0.1, -0.05) is 12.1 Å². The molecule has 0 bridgehead atoms. The highest BCUT2D eigenvalue weighted by Crippen LogP contribution is 2.25. The van der Waals surface area contributed by atoms with Gasteiger partial charge in [0.2, 0.25) is 0 Å². The Labute approximate surface area is 148 Å². The van der Waals surface area contributed by atoms with Crippen LogP contribution in [0.4, 0.5) is 5.69 Å². The van der Waals surface area contributed by atoms with Crippen molar-refractivity contribution in [1.82, 2.24) is 15.1 Å². The molecule has 3 rings (SSSR count). The fraction of sp³-hybridized carbons (Fsp3) is 0.188. The molecule has 1 aromatic carbocycles. The summed E-state index contributed by atoms with van der Waals surface area (Å²) in [7, 11) is 0. The molecule has 7 heteroatoms. The summed E-state index contributed by atoms with van der Waals surface area (Å²) >= 11 is 8.79. The number of carbonyl (C=O) groups excluding carboxylic acids is 1. The second-order valence-electron chi connectivity index (χ2n) is 5.16. The summed E-state index contributed by atoms with van der Waals surface area (Å²) in [6.07, 6.45) is 3.48. The molecule has 1 aliphatic heterocycles. The number of hydrogen-bond donors (Lipinski definition) is 1. The minimum absolute atomic E-state index is 0.170. The molecule has 1 aliphatic rings. The molecule has 0 spiro atoms. The molecular weight excluding hydrogens is 376 g/mol. The van der Waals surface area contributed by atoms with Crippen molar-refractivity contribution in [1.29, 1.82) is 0 Å². The molecular formula is C16H15BrN4OS. The van der Waals surface area contributed by atoms with Crippen molar-refractivity contribution in [2.75, 3.05) is 4.90 Å². The number of anilines is 1. The van der Waals surface area contributed by atoms with Gasteiger partial charge in [-0.2, -0.15) is 5.10 Å². The van der Waals surface area contributed by atoms with E-state index in [4.69, 9.17) is 12.2 Å². The lowest BCUT2D eigenvalue weighted by Crippen LogP contribution is -2.30. The number of halogens is 1. The third-order valence-corrected chi connectivity index (χ3v) is 4.45. The second kappa shape index (κ2) is 6.25. The Kier molecular flexibility index (Phi) is 4.32. The molecule has 1 fully saturated rings. The number of aromatic nitrogens is 2. The number of amides is 1. The highest BCUT2D eigenvalue weighted by atomic mass is 79.9. The van der Waals surface area contributed by atoms with Crippen LogP contribution in [0.15, 0.2) is 40.6 Å². The van der Waals surface area contributed by atoms with E-state index >= 15 is 0 Å². The fourth-order valence-electron chi connectivity index (χ4n) is 2.44. The fourth-order valence-corrected chi connectivity index (χ4v) is 3.15. The highest BCUT2D eigenvalue weighted by Gasteiger charge is 2.32. The van der Waals surface area contributed by atoms with Crippen molar-refractivity contribution in [3.05, 3.63) is 51.9 Å². The molecule has 0 radical (unpaired) electrons. The molecule has 1 aromatic heterocycles. The maximum absolute atomic E-state index is 12.7. The van der Waals surface area contributed by atoms with Gasteiger partial charge in [0.25, 0.3) is 5.91 Å². The van der Waals surface area contributed by atoms with Crippen LogP contribution in [0.25, 0.3) is 6.08 Å². The standard InChI is InChI=1S/C16H15BrN4OS/c1-3-20-14(12(17)9-18-20)8-13-15(22)21(16(23)19-13)11-6-4-5-10(2)7-11/h4-9H,3H2,1-2H3,(H,19,23)/b13-8+. The van der Waals surface area contributed by atoms with E-state index in [0.29, 0.717) is 17.4 Å². The van der Waals surface area contributed by atoms with Crippen LogP contribution in [0.1, 0.15) is 18.2 Å². The average Bonchev–Trinajstić information content (AvgIpc) is 3.00. The number of benzene rings is 1. The van der Waals surface area contributed by atoms with Gasteiger partial charge >= 0.3 is 0 Å². The van der Waals surface area contributed by atoms with E-state index in [1.54, 1.807) is 12.3 Å². The number of carbonyl (C=O) groups is 1. The highest BCUT2D eigenvalue weighted by molar-refractivity contribution is 9.10. The van der Waals surface area contributed by atoms with E-state index in [0.717, 1.165) is 21.4 Å². The topological polar surface area (TPSA) is 50.2 Å². The number of rotatable bonds is 3. The van der Waals surface area contributed by atoms with E-state index < -0.39 is 0 Å². The van der Waals surface area contributed by atoms with Crippen molar-refractivity contribution in [3.8, 4) is 0 Å². The first-order valence-electron chi connectivity index (χ1n) is 7.16. The number of thiocarbonyl (C=S) groups is 1. The van der Waals surface area contributed by atoms with E-state index in [2.05, 4.69) is 26.3 Å². The van der Waals surface area contributed by atoms with Gasteiger partial charge in [0.05, 0.1) is 22.1 Å². The first-order valence-corrected chi connectivity index (χ1v) is 8.36. The Balaban J connectivity index is 1.98. The van der Waals surface area contributed by atoms with Crippen molar-refractivity contribution >= 4 is 50.9 Å². The Bertz CT molecular complexity index is 827. The molecule has 1 N–H and O–H groups in total. The van der Waals surface area contributed by atoms with Crippen LogP contribution in [0.5, 0.6) is 0 Å². The SMILES string of the molecule is CCn1ncc(Br)c1/C=C1/NC(=S)N(c2cccc(C)c2)C1=O. The minimum atomic E-state index is -0.170. The van der Waals surface area contributed by atoms with E-state index in [-0.39, 0.29) is 5.91 Å². The van der Waals surface area contributed by atoms with Crippen molar-refractivity contribution in [3.63, 3.8) is 0 Å². The molecule has 0 atom stereocenters. The van der Waals surface area contributed by atoms with Crippen LogP contribution in [0, 0.1) is 6.92 Å². The summed E-state index contributed by atoms with van der Waals surface area (Å²) in [5.74, 6) is -0.170. The van der Waals surface area contributed by atoms with Crippen LogP contribution < -0.4 is 10.2 Å². The Morgan fingerprint density at radius 1 is 1.43 bits per heavy atom. The number of aryl methyl sites for hydroxylation is 2. The third-order valence-electron chi connectivity index (χ3n) is 3.55. The maximum atomic E-state index is 12.7. The Hall–Kier alpha value is -1.99. The number of nitrogens with zero attached hydrogens (tertiary/aromatic N) is 3. The predicted molar refractivity (Wildman–Crippen MR) is 98.0 cm³/mol. The van der Waals surface area contributed by atoms with Gasteiger partial charge < -0.3 is 5.32 Å². The molecule has 5 nitrogen and oxygen atoms in total. The van der Waals surface area contributed by atoms with Gasteiger partial charge in [-0.05, 0) is 65.8 Å². The number of hydrogen-bond acceptors (Lipinski definition) is 3. The van der Waals surface area contributed by atoms with E-state index in [9.17, 15) is 4.79 Å². The summed E-state index contributed by atoms with van der Waals surface area (Å²) in [5.41, 5.74) is 3.10. The first kappa shape index (κ1) is 15.9. The molecule has 118 valence electrons. The summed E-state index contributed by atoms with van der Waals surface area (Å²) in [6, 6.07) is 7.69. The first-order chi connectivity index (χ1) is 11.0. The molecule has 2 heterocycles. The second-order valence-corrected chi connectivity index (χ2v) is 6.40. The monoisotopic (exact) mass is 390 g/mol. The summed E-state index contributed by atoms with van der Waals surface area (Å²) < 4.78 is 2.64. The normalized spacial score (nSPS) is 16.3. The lowest BCUT2D eigenvalue weighted by atomic mass is 10.2. The van der Waals surface area contributed by atoms with Crippen molar-refractivity contribution in [2.24, 2.45) is 0 Å². The molecule has 0 saturated carbocycles. The summed E-state index contributed by atoms with van der Waals surface area (Å²) in [6.45, 7) is 4.69. The average molecular weight is 391 g/mol. The smallest absolute Gasteiger partial charge is 0.281 e. The molecule has 1 amide bonds. The quantitative estimate of drug-likeness (QED) is 0.645. The lowest BCUT2D eigenvalue weighted by Gasteiger charge is -2.14. The van der Waals surface area contributed by atoms with Gasteiger partial charge in [0, 0.05) is 6.54 Å². The largest absolute Gasteiger partial charge is 0.327 e. The molecule has 23 heavy (non-hydrogen) atoms. The van der Waals surface area contributed by atoms with Crippen molar-refractivity contribution < 1.29 is 4.79 Å². The zero-order valence-corrected chi connectivity index (χ0v) is 15.1. The summed E-state index contributed by atoms with van der Waals surface area (Å²) in [4.78, 5) is 14.2. The third kappa shape index (κ3) is 2.94. The van der Waals surface area contributed by atoms with Crippen molar-refractivity contribution in [2.45, 2.75) is 20.4 Å². The van der Waals surface area contributed by atoms with Gasteiger partial charge in [-0.3, -0.25) is 14.4 Å². The predicted octanol–water partition coefficient (Wildman–Crippen LogP) is 3.24. The van der Waals surface area contributed by atoms with E-state index in [1.165, 1.54) is 4.90 Å². The summed E-state index contributed by atoms with van der Waals surface area (Å²) in [5, 5.41) is 7.62. The van der Waals surface area contributed by atoms with Crippen LogP contribution >= 0.6 is 28.1 Å². The van der Waals surface area contributed by atoms with Crippen LogP contribution in [-0.2, 0) is 11.3 Å². The molecule has 1 saturated heterocycles. The molecule has 2 aromatic rings. The Morgan fingerprint density at radius 3 is 2.91 bits per heavy atom. The Morgan fingerprint density at radius 2 is 2.22 bits per heavy atom. The minimum Gasteiger partial charge on any atom is -0.327 e. The zero-order chi connectivity index (χ0) is 16.6. The molecule has 0 aliphatic carbocycles. The zero-order valence-electron chi connectivity index (χ0n) is 12.7. The van der Waals surface area contributed by atoms with Gasteiger partial charge in [0.1, 0.15) is 5.70 Å².